The van der Waals surface area contributed by atoms with Gasteiger partial charge in [-0.3, -0.25) is 0 Å². The molecule has 0 radical (unpaired) electrons. The molecular formula is C14H11N3O3. The van der Waals surface area contributed by atoms with Gasteiger partial charge in [-0.25, -0.2) is 0 Å². The van der Waals surface area contributed by atoms with Crippen molar-refractivity contribution >= 4 is 28.5 Å². The summed E-state index contributed by atoms with van der Waals surface area (Å²) < 4.78 is 16.2. The normalized spacial score (nSPS) is 12.8. The van der Waals surface area contributed by atoms with Crippen LogP contribution in [-0.2, 0) is 0 Å². The van der Waals surface area contributed by atoms with Crippen LogP contribution in [0.25, 0.3) is 11.1 Å². The largest absolute Gasteiger partial charge is 0.454 e. The lowest BCUT2D eigenvalue weighted by molar-refractivity contribution is 0.174. The first-order valence-corrected chi connectivity index (χ1v) is 6.11. The number of oxazole rings is 1. The molecular weight excluding hydrogens is 258 g/mol. The lowest BCUT2D eigenvalue weighted by Gasteiger charge is -2.02. The Labute approximate surface area is 114 Å². The summed E-state index contributed by atoms with van der Waals surface area (Å²) in [5, 5.41) is 3.09. The fourth-order valence-corrected chi connectivity index (χ4v) is 2.10. The Balaban J connectivity index is 1.66. The fourth-order valence-electron chi connectivity index (χ4n) is 2.10. The molecule has 1 aliphatic heterocycles. The monoisotopic (exact) mass is 269 g/mol. The van der Waals surface area contributed by atoms with E-state index in [1.807, 2.05) is 18.2 Å². The number of nitrogens with zero attached hydrogens (tertiary/aromatic N) is 1. The first kappa shape index (κ1) is 11.0. The van der Waals surface area contributed by atoms with Gasteiger partial charge < -0.3 is 24.9 Å². The minimum absolute atomic E-state index is 0.251. The van der Waals surface area contributed by atoms with Gasteiger partial charge in [0.1, 0.15) is 5.52 Å². The van der Waals surface area contributed by atoms with Crippen molar-refractivity contribution in [2.75, 3.05) is 17.8 Å². The summed E-state index contributed by atoms with van der Waals surface area (Å²) in [4.78, 5) is 4.33. The third-order valence-electron chi connectivity index (χ3n) is 3.04. The van der Waals surface area contributed by atoms with Gasteiger partial charge in [-0.2, -0.15) is 4.98 Å². The Bertz CT molecular complexity index is 797. The first-order valence-electron chi connectivity index (χ1n) is 6.11. The zero-order chi connectivity index (χ0) is 13.5. The zero-order valence-electron chi connectivity index (χ0n) is 10.4. The third kappa shape index (κ3) is 1.78. The van der Waals surface area contributed by atoms with Gasteiger partial charge in [0.05, 0.1) is 0 Å². The molecule has 0 spiro atoms. The second-order valence-corrected chi connectivity index (χ2v) is 4.44. The van der Waals surface area contributed by atoms with E-state index in [-0.39, 0.29) is 6.79 Å². The van der Waals surface area contributed by atoms with E-state index in [4.69, 9.17) is 19.6 Å². The van der Waals surface area contributed by atoms with Crippen molar-refractivity contribution in [2.24, 2.45) is 0 Å². The highest BCUT2D eigenvalue weighted by molar-refractivity contribution is 5.78. The highest BCUT2D eigenvalue weighted by Gasteiger charge is 2.14. The highest BCUT2D eigenvalue weighted by Crippen LogP contribution is 2.35. The SMILES string of the molecule is Nc1ccc2oc(Nc3ccc4c(c3)OCO4)nc2c1. The number of nitrogens with one attached hydrogen (secondary N) is 1. The number of aromatic nitrogens is 1. The van der Waals surface area contributed by atoms with Gasteiger partial charge >= 0.3 is 0 Å². The minimum atomic E-state index is 0.251. The molecule has 0 amide bonds. The van der Waals surface area contributed by atoms with Crippen molar-refractivity contribution in [3.8, 4) is 11.5 Å². The second kappa shape index (κ2) is 4.06. The van der Waals surface area contributed by atoms with Crippen LogP contribution in [0.1, 0.15) is 0 Å². The summed E-state index contributed by atoms with van der Waals surface area (Å²) in [6.07, 6.45) is 0. The molecule has 4 rings (SSSR count). The molecule has 0 saturated carbocycles. The van der Waals surface area contributed by atoms with E-state index in [9.17, 15) is 0 Å². The van der Waals surface area contributed by atoms with Crippen LogP contribution < -0.4 is 20.5 Å². The predicted octanol–water partition coefficient (Wildman–Crippen LogP) is 2.88. The van der Waals surface area contributed by atoms with E-state index in [2.05, 4.69) is 10.3 Å². The van der Waals surface area contributed by atoms with Crippen LogP contribution in [0.15, 0.2) is 40.8 Å². The molecule has 6 heteroatoms. The van der Waals surface area contributed by atoms with Crippen LogP contribution in [0.5, 0.6) is 11.5 Å². The molecule has 0 fully saturated rings. The summed E-state index contributed by atoms with van der Waals surface area (Å²) in [5.41, 5.74) is 8.58. The maximum atomic E-state index is 5.71. The molecule has 100 valence electrons. The Morgan fingerprint density at radius 3 is 2.90 bits per heavy atom. The Kier molecular flexibility index (Phi) is 2.23. The van der Waals surface area contributed by atoms with Gasteiger partial charge in [-0.05, 0) is 30.3 Å². The molecule has 0 aliphatic carbocycles. The van der Waals surface area contributed by atoms with Crippen molar-refractivity contribution in [3.05, 3.63) is 36.4 Å². The van der Waals surface area contributed by atoms with Crippen molar-refractivity contribution in [2.45, 2.75) is 0 Å². The number of fused-ring (bicyclic) bond motifs is 2. The van der Waals surface area contributed by atoms with Gasteiger partial charge in [0.15, 0.2) is 17.1 Å². The van der Waals surface area contributed by atoms with Crippen molar-refractivity contribution in [3.63, 3.8) is 0 Å². The van der Waals surface area contributed by atoms with Crippen LogP contribution >= 0.6 is 0 Å². The molecule has 1 aromatic heterocycles. The van der Waals surface area contributed by atoms with Crippen LogP contribution in [0, 0.1) is 0 Å². The molecule has 1 aliphatic rings. The number of nitrogens with two attached hydrogens (primary N) is 1. The van der Waals surface area contributed by atoms with E-state index in [1.165, 1.54) is 0 Å². The van der Waals surface area contributed by atoms with E-state index < -0.39 is 0 Å². The number of hydrogen-bond donors (Lipinski definition) is 2. The van der Waals surface area contributed by atoms with Crippen LogP contribution in [0.3, 0.4) is 0 Å². The summed E-state index contributed by atoms with van der Waals surface area (Å²) in [5.74, 6) is 1.44. The van der Waals surface area contributed by atoms with Crippen molar-refractivity contribution < 1.29 is 13.9 Å². The summed E-state index contributed by atoms with van der Waals surface area (Å²) >= 11 is 0. The molecule has 2 heterocycles. The van der Waals surface area contributed by atoms with Crippen molar-refractivity contribution in [1.29, 1.82) is 0 Å². The maximum Gasteiger partial charge on any atom is 0.300 e. The minimum Gasteiger partial charge on any atom is -0.454 e. The number of anilines is 3. The molecule has 2 aromatic carbocycles. The number of ether oxygens (including phenoxy) is 2. The highest BCUT2D eigenvalue weighted by atomic mass is 16.7. The number of nitrogen functional groups attached to an aromatic ring is 1. The van der Waals surface area contributed by atoms with E-state index in [0.29, 0.717) is 28.6 Å². The molecule has 3 N–H and O–H groups in total. The Hall–Kier alpha value is -2.89. The van der Waals surface area contributed by atoms with Crippen LogP contribution in [0.4, 0.5) is 17.4 Å². The van der Waals surface area contributed by atoms with Crippen molar-refractivity contribution in [1.82, 2.24) is 4.98 Å². The first-order chi connectivity index (χ1) is 9.78. The van der Waals surface area contributed by atoms with Gasteiger partial charge in [-0.15, -0.1) is 0 Å². The molecule has 20 heavy (non-hydrogen) atoms. The average molecular weight is 269 g/mol. The number of rotatable bonds is 2. The number of hydrogen-bond acceptors (Lipinski definition) is 6. The Morgan fingerprint density at radius 1 is 1.05 bits per heavy atom. The molecule has 0 unspecified atom stereocenters. The molecule has 0 atom stereocenters. The van der Waals surface area contributed by atoms with Crippen LogP contribution in [-0.4, -0.2) is 11.8 Å². The standard InChI is InChI=1S/C14H11N3O3/c15-8-1-3-11-10(5-8)17-14(20-11)16-9-2-4-12-13(6-9)19-7-18-12/h1-6H,7,15H2,(H,16,17). The lowest BCUT2D eigenvalue weighted by Crippen LogP contribution is -1.93. The fraction of sp³-hybridized carbons (Fsp3) is 0.0714. The predicted molar refractivity (Wildman–Crippen MR) is 74.3 cm³/mol. The lowest BCUT2D eigenvalue weighted by atomic mass is 10.3. The molecule has 3 aromatic rings. The van der Waals surface area contributed by atoms with E-state index in [0.717, 1.165) is 11.4 Å². The van der Waals surface area contributed by atoms with E-state index >= 15 is 0 Å². The topological polar surface area (TPSA) is 82.5 Å². The van der Waals surface area contributed by atoms with Gasteiger partial charge in [0, 0.05) is 17.4 Å². The average Bonchev–Trinajstić information content (AvgIpc) is 3.03. The molecule has 0 saturated heterocycles. The number of benzene rings is 2. The second-order valence-electron chi connectivity index (χ2n) is 4.44. The summed E-state index contributed by atoms with van der Waals surface area (Å²) in [7, 11) is 0. The summed E-state index contributed by atoms with van der Waals surface area (Å²) in [6, 6.07) is 11.3. The van der Waals surface area contributed by atoms with E-state index in [1.54, 1.807) is 18.2 Å². The molecule has 0 bridgehead atoms. The third-order valence-corrected chi connectivity index (χ3v) is 3.04. The Morgan fingerprint density at radius 2 is 1.95 bits per heavy atom. The van der Waals surface area contributed by atoms with Gasteiger partial charge in [0.25, 0.3) is 6.01 Å². The maximum absolute atomic E-state index is 5.71. The quantitative estimate of drug-likeness (QED) is 0.696. The van der Waals surface area contributed by atoms with Gasteiger partial charge in [-0.1, -0.05) is 0 Å². The molecule has 6 nitrogen and oxygen atoms in total. The smallest absolute Gasteiger partial charge is 0.300 e. The van der Waals surface area contributed by atoms with Crippen LogP contribution in [0.2, 0.25) is 0 Å². The zero-order valence-corrected chi connectivity index (χ0v) is 10.4. The van der Waals surface area contributed by atoms with Gasteiger partial charge in [0.2, 0.25) is 6.79 Å². The summed E-state index contributed by atoms with van der Waals surface area (Å²) in [6.45, 7) is 0.251.